The molecule has 9 aromatic rings. The van der Waals surface area contributed by atoms with Gasteiger partial charge in [-0.2, -0.15) is 0 Å². The molecule has 5 nitrogen and oxygen atoms in total. The maximum absolute atomic E-state index is 12.2. The molecule has 7 aromatic carbocycles. The Morgan fingerprint density at radius 1 is 0.491 bits per heavy atom. The number of anilines is 3. The van der Waals surface area contributed by atoms with E-state index in [0.29, 0.717) is 11.4 Å². The highest BCUT2D eigenvalue weighted by Crippen LogP contribution is 2.46. The predicted octanol–water partition coefficient (Wildman–Crippen LogP) is 12.8. The number of fused-ring (bicyclic) bond motifs is 1. The molecule has 0 atom stereocenters. The number of aromatic hydroxyl groups is 1. The van der Waals surface area contributed by atoms with Gasteiger partial charge in [0, 0.05) is 47.0 Å². The molecule has 0 bridgehead atoms. The summed E-state index contributed by atoms with van der Waals surface area (Å²) in [5, 5.41) is 12.2. The Balaban J connectivity index is 1.20. The molecule has 2 aromatic heterocycles. The first-order chi connectivity index (χ1) is 27.0. The number of hydrogen-bond acceptors (Lipinski definition) is 4. The second-order valence-corrected chi connectivity index (χ2v) is 13.8. The van der Waals surface area contributed by atoms with E-state index in [0.717, 1.165) is 67.2 Å². The molecule has 264 valence electrons. The molecule has 0 unspecified atom stereocenters. The summed E-state index contributed by atoms with van der Waals surface area (Å²) in [6.07, 6.45) is 1.96. The van der Waals surface area contributed by atoms with Gasteiger partial charge in [-0.25, -0.2) is 4.98 Å². The van der Waals surface area contributed by atoms with Gasteiger partial charge < -0.3 is 14.6 Å². The number of hydrogen-bond donors (Lipinski definition) is 1. The fourth-order valence-electron chi connectivity index (χ4n) is 7.50. The Bertz CT molecular complexity index is 2740. The SMILES string of the molecule is Cc1cnc(-c2cccc(-c3cccc4c3nc(-c3cc(N(c5ccccc5)c5ccccc5)cc(-c5ccccc5)c3O)n4C)c2)cc1-c1ccccc1. The fourth-order valence-corrected chi connectivity index (χ4v) is 7.50. The Morgan fingerprint density at radius 3 is 1.69 bits per heavy atom. The molecule has 1 N–H and O–H groups in total. The zero-order valence-corrected chi connectivity index (χ0v) is 30.6. The second kappa shape index (κ2) is 14.3. The van der Waals surface area contributed by atoms with Crippen molar-refractivity contribution in [3.63, 3.8) is 0 Å². The van der Waals surface area contributed by atoms with Crippen molar-refractivity contribution >= 4 is 28.1 Å². The monoisotopic (exact) mass is 710 g/mol. The lowest BCUT2D eigenvalue weighted by molar-refractivity contribution is 0.478. The van der Waals surface area contributed by atoms with E-state index >= 15 is 0 Å². The fraction of sp³-hybridized carbons (Fsp3) is 0.0400. The maximum Gasteiger partial charge on any atom is 0.144 e. The highest BCUT2D eigenvalue weighted by atomic mass is 16.3. The smallest absolute Gasteiger partial charge is 0.144 e. The quantitative estimate of drug-likeness (QED) is 0.171. The number of nitrogens with zero attached hydrogens (tertiary/aromatic N) is 4. The topological polar surface area (TPSA) is 54.2 Å². The highest BCUT2D eigenvalue weighted by Gasteiger charge is 2.23. The van der Waals surface area contributed by atoms with E-state index in [9.17, 15) is 5.11 Å². The van der Waals surface area contributed by atoms with E-state index in [1.54, 1.807) is 0 Å². The number of para-hydroxylation sites is 3. The molecule has 0 aliphatic rings. The zero-order valence-electron chi connectivity index (χ0n) is 30.6. The van der Waals surface area contributed by atoms with Crippen LogP contribution in [0.15, 0.2) is 188 Å². The van der Waals surface area contributed by atoms with Gasteiger partial charge in [0.05, 0.1) is 22.3 Å². The van der Waals surface area contributed by atoms with Gasteiger partial charge in [-0.1, -0.05) is 127 Å². The number of phenols is 1. The van der Waals surface area contributed by atoms with Crippen molar-refractivity contribution in [1.29, 1.82) is 0 Å². The number of phenolic OH excluding ortho intramolecular Hbond substituents is 1. The lowest BCUT2D eigenvalue weighted by Gasteiger charge is -2.27. The van der Waals surface area contributed by atoms with E-state index < -0.39 is 0 Å². The average Bonchev–Trinajstić information content (AvgIpc) is 3.58. The molecule has 0 aliphatic heterocycles. The van der Waals surface area contributed by atoms with Gasteiger partial charge in [0.25, 0.3) is 0 Å². The Hall–Kier alpha value is -7.24. The van der Waals surface area contributed by atoms with Crippen molar-refractivity contribution in [1.82, 2.24) is 14.5 Å². The molecule has 2 heterocycles. The summed E-state index contributed by atoms with van der Waals surface area (Å²) in [4.78, 5) is 12.4. The van der Waals surface area contributed by atoms with Crippen molar-refractivity contribution in [2.24, 2.45) is 7.05 Å². The van der Waals surface area contributed by atoms with Crippen LogP contribution in [0.5, 0.6) is 5.75 Å². The minimum Gasteiger partial charge on any atom is -0.507 e. The number of aromatic nitrogens is 3. The summed E-state index contributed by atoms with van der Waals surface area (Å²) in [6.45, 7) is 2.10. The first-order valence-electron chi connectivity index (χ1n) is 18.4. The molecule has 55 heavy (non-hydrogen) atoms. The van der Waals surface area contributed by atoms with Crippen molar-refractivity contribution in [3.8, 4) is 61.8 Å². The van der Waals surface area contributed by atoms with Gasteiger partial charge in [0.1, 0.15) is 11.6 Å². The summed E-state index contributed by atoms with van der Waals surface area (Å²) in [5.74, 6) is 0.849. The van der Waals surface area contributed by atoms with Crippen LogP contribution in [0.4, 0.5) is 17.1 Å². The van der Waals surface area contributed by atoms with Crippen LogP contribution in [-0.4, -0.2) is 19.6 Å². The molecule has 0 fully saturated rings. The van der Waals surface area contributed by atoms with Gasteiger partial charge in [0.2, 0.25) is 0 Å². The van der Waals surface area contributed by atoms with Crippen molar-refractivity contribution in [2.45, 2.75) is 6.92 Å². The van der Waals surface area contributed by atoms with Crippen LogP contribution in [0.1, 0.15) is 5.56 Å². The second-order valence-electron chi connectivity index (χ2n) is 13.8. The minimum absolute atomic E-state index is 0.178. The van der Waals surface area contributed by atoms with Crippen LogP contribution in [0.25, 0.3) is 67.1 Å². The van der Waals surface area contributed by atoms with Gasteiger partial charge in [-0.15, -0.1) is 0 Å². The Morgan fingerprint density at radius 2 is 1.04 bits per heavy atom. The van der Waals surface area contributed by atoms with Crippen molar-refractivity contribution in [2.75, 3.05) is 4.90 Å². The molecule has 0 saturated carbocycles. The molecule has 5 heteroatoms. The summed E-state index contributed by atoms with van der Waals surface area (Å²) >= 11 is 0. The van der Waals surface area contributed by atoms with Gasteiger partial charge in [-0.05, 0) is 89.3 Å². The van der Waals surface area contributed by atoms with E-state index in [-0.39, 0.29) is 5.75 Å². The number of rotatable bonds is 8. The summed E-state index contributed by atoms with van der Waals surface area (Å²) in [5.41, 5.74) is 14.5. The van der Waals surface area contributed by atoms with E-state index in [4.69, 9.17) is 9.97 Å². The van der Waals surface area contributed by atoms with E-state index in [1.807, 2.05) is 86.0 Å². The summed E-state index contributed by atoms with van der Waals surface area (Å²) < 4.78 is 2.08. The van der Waals surface area contributed by atoms with E-state index in [1.165, 1.54) is 11.1 Å². The summed E-state index contributed by atoms with van der Waals surface area (Å²) in [6, 6.07) is 62.2. The van der Waals surface area contributed by atoms with Crippen LogP contribution in [0.2, 0.25) is 0 Å². The summed E-state index contributed by atoms with van der Waals surface area (Å²) in [7, 11) is 2.02. The highest BCUT2D eigenvalue weighted by molar-refractivity contribution is 5.97. The molecule has 0 saturated heterocycles. The molecule has 0 amide bonds. The first-order valence-corrected chi connectivity index (χ1v) is 18.4. The number of aryl methyl sites for hydroxylation is 2. The van der Waals surface area contributed by atoms with Crippen LogP contribution in [0, 0.1) is 6.92 Å². The van der Waals surface area contributed by atoms with Gasteiger partial charge >= 0.3 is 0 Å². The molecule has 9 rings (SSSR count). The van der Waals surface area contributed by atoms with Crippen LogP contribution < -0.4 is 4.90 Å². The standard InChI is InChI=1S/C50H38N4O/c1-34-33-51-46(32-43(34)35-17-7-3-8-18-35)38-22-15-21-37(29-38)42-27-16-28-47-48(42)52-50(53(47)2)45-31-41(30-44(49(45)55)36-19-9-4-10-20-36)54(39-23-11-5-12-24-39)40-25-13-6-14-26-40/h3-33,55H,1-2H3. The van der Waals surface area contributed by atoms with E-state index in [2.05, 4.69) is 126 Å². The Labute approximate surface area is 321 Å². The Kier molecular flexibility index (Phi) is 8.73. The van der Waals surface area contributed by atoms with Crippen molar-refractivity contribution in [3.05, 3.63) is 194 Å². The third-order valence-corrected chi connectivity index (χ3v) is 10.3. The van der Waals surface area contributed by atoms with Crippen molar-refractivity contribution < 1.29 is 5.11 Å². The molecule has 0 aliphatic carbocycles. The zero-order chi connectivity index (χ0) is 37.3. The predicted molar refractivity (Wildman–Crippen MR) is 227 cm³/mol. The van der Waals surface area contributed by atoms with Crippen LogP contribution in [-0.2, 0) is 7.05 Å². The van der Waals surface area contributed by atoms with Gasteiger partial charge in [-0.3, -0.25) is 4.98 Å². The number of benzene rings is 7. The normalized spacial score (nSPS) is 11.2. The largest absolute Gasteiger partial charge is 0.507 e. The average molecular weight is 711 g/mol. The third kappa shape index (κ3) is 6.32. The molecular weight excluding hydrogens is 673 g/mol. The molecular formula is C50H38N4O. The minimum atomic E-state index is 0.178. The third-order valence-electron chi connectivity index (χ3n) is 10.3. The number of pyridine rings is 1. The molecule has 0 radical (unpaired) electrons. The van der Waals surface area contributed by atoms with Gasteiger partial charge in [0.15, 0.2) is 0 Å². The van der Waals surface area contributed by atoms with Crippen LogP contribution in [0.3, 0.4) is 0 Å². The molecule has 0 spiro atoms. The maximum atomic E-state index is 12.2. The lowest BCUT2D eigenvalue weighted by atomic mass is 9.97. The van der Waals surface area contributed by atoms with Crippen LogP contribution >= 0.6 is 0 Å². The lowest BCUT2D eigenvalue weighted by Crippen LogP contribution is -2.10. The number of imidazole rings is 1. The first kappa shape index (κ1) is 33.6.